The number of carbonyl (C=O) groups is 4. The molecular weight excluding hydrogens is 845 g/mol. The molecule has 0 aromatic heterocycles. The quantitative estimate of drug-likeness (QED) is 0.0695. The van der Waals surface area contributed by atoms with Crippen molar-refractivity contribution in [2.45, 2.75) is 80.4 Å². The van der Waals surface area contributed by atoms with Gasteiger partial charge in [0.2, 0.25) is 17.7 Å². The Morgan fingerprint density at radius 2 is 1.18 bits per heavy atom. The normalized spacial score (nSPS) is 15.7. The summed E-state index contributed by atoms with van der Waals surface area (Å²) in [5.41, 5.74) is 0. The van der Waals surface area contributed by atoms with Crippen LogP contribution in [-0.4, -0.2) is 125 Å². The highest BCUT2D eigenvalue weighted by Gasteiger charge is 2.30. The fraction of sp³-hybridized carbons (Fsp3) is 0.487. The second-order valence-electron chi connectivity index (χ2n) is 14.7. The molecule has 4 aromatic carbocycles. The zero-order valence-electron chi connectivity index (χ0n) is 33.5. The number of unbranched alkanes of at least 4 members (excludes halogenated alkanes) is 2. The van der Waals surface area contributed by atoms with Gasteiger partial charge in [-0.15, -0.1) is 0 Å². The van der Waals surface area contributed by atoms with Crippen LogP contribution in [0.5, 0.6) is 5.75 Å². The van der Waals surface area contributed by atoms with Gasteiger partial charge in [-0.05, 0) is 71.1 Å². The molecule has 2 aliphatic heterocycles. The molecule has 0 bridgehead atoms. The molecule has 2 heterocycles. The van der Waals surface area contributed by atoms with Crippen molar-refractivity contribution in [2.24, 2.45) is 5.92 Å². The predicted molar refractivity (Wildman–Crippen MR) is 214 cm³/mol. The van der Waals surface area contributed by atoms with Crippen LogP contribution in [0.4, 0.5) is 0 Å². The molecule has 0 radical (unpaired) electrons. The standard InChI is InChI=1S/C33H35N3O14S3.C6H15N/c37-28-8-9-29(38)36(28)13-3-1-2-12-34-33(40)19-10-14-35(15-11-19)30(39)18-50-24-16-25(51(41,42)43)21-6-7-23-27(53(47,48)49)17-26(52(44,45)46)22-5-4-20(24)31(21)32(22)23;1-4-7(5-2)6-3/h4-7,16-17,19H,1-3,8-15,18H2,(H,34,40)(H,41,42,43)(H,44,45,46)(H,47,48,49);4-6H2,1-3H3/p-2. The molecule has 0 aliphatic carbocycles. The van der Waals surface area contributed by atoms with Gasteiger partial charge in [0.25, 0.3) is 5.91 Å². The van der Waals surface area contributed by atoms with Gasteiger partial charge in [0.1, 0.15) is 36.1 Å². The molecule has 2 fully saturated rings. The van der Waals surface area contributed by atoms with Gasteiger partial charge in [0, 0.05) is 77.3 Å². The molecule has 21 heteroatoms. The Hall–Kier alpha value is -4.51. The van der Waals surface area contributed by atoms with E-state index in [0.29, 0.717) is 51.3 Å². The third-order valence-electron chi connectivity index (χ3n) is 11.1. The minimum atomic E-state index is -5.38. The number of hydrogen-bond acceptors (Lipinski definition) is 14. The number of imide groups is 1. The number of hydrogen-bond donors (Lipinski definition) is 2. The maximum atomic E-state index is 13.2. The van der Waals surface area contributed by atoms with Crippen molar-refractivity contribution in [1.82, 2.24) is 15.1 Å². The summed E-state index contributed by atoms with van der Waals surface area (Å²) in [5.74, 6) is -1.68. The summed E-state index contributed by atoms with van der Waals surface area (Å²) in [6.45, 7) is 11.0. The number of benzene rings is 4. The second kappa shape index (κ2) is 19.0. The van der Waals surface area contributed by atoms with Crippen molar-refractivity contribution in [2.75, 3.05) is 52.4 Å². The summed E-state index contributed by atoms with van der Waals surface area (Å²) in [5, 5.41) is 1.51. The lowest BCUT2D eigenvalue weighted by atomic mass is 9.93. The van der Waals surface area contributed by atoms with E-state index in [1.165, 1.54) is 35.5 Å². The van der Waals surface area contributed by atoms with E-state index in [1.807, 2.05) is 0 Å². The van der Waals surface area contributed by atoms with E-state index < -0.39 is 57.6 Å². The van der Waals surface area contributed by atoms with E-state index in [2.05, 4.69) is 26.1 Å². The number of amides is 4. The Kier molecular flexibility index (Phi) is 14.8. The van der Waals surface area contributed by atoms with Crippen molar-refractivity contribution in [3.8, 4) is 5.75 Å². The van der Waals surface area contributed by atoms with E-state index in [1.54, 1.807) is 4.90 Å². The van der Waals surface area contributed by atoms with Gasteiger partial charge in [0.05, 0.1) is 34.3 Å². The van der Waals surface area contributed by atoms with E-state index in [4.69, 9.17) is 4.74 Å². The summed E-state index contributed by atoms with van der Waals surface area (Å²) in [7, 11) is -16.0. The van der Waals surface area contributed by atoms with Crippen LogP contribution in [0, 0.1) is 5.92 Å². The number of ether oxygens (including phenoxy) is 1. The van der Waals surface area contributed by atoms with Gasteiger partial charge < -0.3 is 33.5 Å². The van der Waals surface area contributed by atoms with Gasteiger partial charge in [-0.1, -0.05) is 18.2 Å². The SMILES string of the molecule is CC[NH+](CC)CC.O=C(NCCCCCN1C(=O)CCC1=O)C1CCN(C(=O)COc2cc(S(=O)(=O)[O-])c3ccc4c(S(=O)(=O)[O-])cc(S(=O)(=O)[O-])c5ccc2c3c54)CC1. The Balaban J connectivity index is 0.000000896. The van der Waals surface area contributed by atoms with Crippen molar-refractivity contribution in [3.05, 3.63) is 36.4 Å². The lowest BCUT2D eigenvalue weighted by molar-refractivity contribution is -0.894. The maximum absolute atomic E-state index is 13.2. The highest BCUT2D eigenvalue weighted by Crippen LogP contribution is 2.45. The number of rotatable bonds is 16. The molecule has 60 heavy (non-hydrogen) atoms. The number of nitrogens with one attached hydrogen (secondary N) is 2. The molecule has 0 spiro atoms. The van der Waals surface area contributed by atoms with E-state index in [9.17, 15) is 58.1 Å². The summed E-state index contributed by atoms with van der Waals surface area (Å²) in [6, 6.07) is 5.83. The third-order valence-corrected chi connectivity index (χ3v) is 13.8. The van der Waals surface area contributed by atoms with E-state index in [-0.39, 0.29) is 87.6 Å². The minimum Gasteiger partial charge on any atom is -0.744 e. The summed E-state index contributed by atoms with van der Waals surface area (Å²) >= 11 is 0. The zero-order valence-corrected chi connectivity index (χ0v) is 35.9. The maximum Gasteiger partial charge on any atom is 0.260 e. The van der Waals surface area contributed by atoms with E-state index in [0.717, 1.165) is 24.3 Å². The van der Waals surface area contributed by atoms with Crippen molar-refractivity contribution in [1.29, 1.82) is 0 Å². The zero-order chi connectivity index (χ0) is 44.2. The first-order chi connectivity index (χ1) is 28.2. The average molecular weight is 893 g/mol. The molecule has 2 saturated heterocycles. The third kappa shape index (κ3) is 10.5. The lowest BCUT2D eigenvalue weighted by Gasteiger charge is -2.31. The van der Waals surface area contributed by atoms with Gasteiger partial charge in [0.15, 0.2) is 6.61 Å². The molecule has 4 aromatic rings. The van der Waals surface area contributed by atoms with Crippen molar-refractivity contribution < 1.29 is 67.7 Å². The average Bonchev–Trinajstić information content (AvgIpc) is 3.52. The molecule has 6 rings (SSSR count). The Labute approximate surface area is 348 Å². The topological polar surface area (TPSA) is 272 Å². The van der Waals surface area contributed by atoms with Crippen LogP contribution in [0.3, 0.4) is 0 Å². The molecule has 0 atom stereocenters. The molecular formula is C39H48N4O14S3-2. The fourth-order valence-corrected chi connectivity index (χ4v) is 9.95. The summed E-state index contributed by atoms with van der Waals surface area (Å²) in [4.78, 5) is 50.8. The monoisotopic (exact) mass is 892 g/mol. The molecule has 2 aliphatic rings. The first-order valence-corrected chi connectivity index (χ1v) is 23.9. The van der Waals surface area contributed by atoms with Crippen molar-refractivity contribution >= 4 is 86.3 Å². The highest BCUT2D eigenvalue weighted by atomic mass is 32.2. The van der Waals surface area contributed by atoms with Crippen LogP contribution < -0.4 is 15.0 Å². The van der Waals surface area contributed by atoms with Gasteiger partial charge in [-0.25, -0.2) is 25.3 Å². The van der Waals surface area contributed by atoms with E-state index >= 15 is 0 Å². The van der Waals surface area contributed by atoms with Crippen LogP contribution in [0.25, 0.3) is 32.3 Å². The fourth-order valence-electron chi connectivity index (χ4n) is 7.78. The smallest absolute Gasteiger partial charge is 0.260 e. The first-order valence-electron chi connectivity index (χ1n) is 19.7. The van der Waals surface area contributed by atoms with Gasteiger partial charge >= 0.3 is 0 Å². The lowest BCUT2D eigenvalue weighted by Crippen LogP contribution is -3.11. The molecule has 328 valence electrons. The number of piperidine rings is 1. The van der Waals surface area contributed by atoms with Gasteiger partial charge in [-0.3, -0.25) is 24.1 Å². The number of nitrogens with zero attached hydrogens (tertiary/aromatic N) is 2. The van der Waals surface area contributed by atoms with Crippen LogP contribution in [0.15, 0.2) is 51.1 Å². The minimum absolute atomic E-state index is 0.0291. The van der Waals surface area contributed by atoms with Crippen molar-refractivity contribution in [3.63, 3.8) is 0 Å². The predicted octanol–water partition coefficient (Wildman–Crippen LogP) is 1.28. The Bertz CT molecular complexity index is 2530. The Morgan fingerprint density at radius 3 is 1.65 bits per heavy atom. The first kappa shape index (κ1) is 46.6. The number of carbonyl (C=O) groups excluding carboxylic acids is 4. The summed E-state index contributed by atoms with van der Waals surface area (Å²) in [6.07, 6.45) is 3.20. The Morgan fingerprint density at radius 1 is 0.717 bits per heavy atom. The van der Waals surface area contributed by atoms with Crippen LogP contribution in [-0.2, 0) is 49.5 Å². The largest absolute Gasteiger partial charge is 0.744 e. The molecule has 2 N–H and O–H groups in total. The van der Waals surface area contributed by atoms with Crippen LogP contribution in [0.2, 0.25) is 0 Å². The second-order valence-corrected chi connectivity index (χ2v) is 18.8. The molecule has 0 unspecified atom stereocenters. The molecule has 4 amide bonds. The van der Waals surface area contributed by atoms with Crippen LogP contribution >= 0.6 is 0 Å². The van der Waals surface area contributed by atoms with Crippen LogP contribution in [0.1, 0.15) is 65.7 Å². The van der Waals surface area contributed by atoms with Gasteiger partial charge in [-0.2, -0.15) is 0 Å². The number of likely N-dealkylation sites (tertiary alicyclic amines) is 2. The summed E-state index contributed by atoms with van der Waals surface area (Å²) < 4.78 is 116. The molecule has 18 nitrogen and oxygen atoms in total. The highest BCUT2D eigenvalue weighted by molar-refractivity contribution is 7.87. The number of quaternary nitrogens is 1. The molecule has 0 saturated carbocycles.